The highest BCUT2D eigenvalue weighted by atomic mass is 32.1. The average Bonchev–Trinajstić information content (AvgIpc) is 3.55. The number of carbonyl (C=O) groups excluding carboxylic acids is 2. The molecular weight excluding hydrogens is 521 g/mol. The van der Waals surface area contributed by atoms with Crippen LogP contribution in [0.2, 0.25) is 0 Å². The van der Waals surface area contributed by atoms with Crippen LogP contribution >= 0.6 is 11.3 Å². The van der Waals surface area contributed by atoms with Crippen LogP contribution in [0.5, 0.6) is 0 Å². The van der Waals surface area contributed by atoms with Gasteiger partial charge in [-0.05, 0) is 67.7 Å². The van der Waals surface area contributed by atoms with Crippen LogP contribution in [-0.4, -0.2) is 71.7 Å². The first kappa shape index (κ1) is 27.9. The number of aromatic nitrogens is 1. The second kappa shape index (κ2) is 11.3. The fourth-order valence-corrected chi connectivity index (χ4v) is 6.07. The van der Waals surface area contributed by atoms with Crippen LogP contribution in [0.4, 0.5) is 19.0 Å². The van der Waals surface area contributed by atoms with E-state index in [2.05, 4.69) is 15.2 Å². The summed E-state index contributed by atoms with van der Waals surface area (Å²) in [4.78, 5) is 45.3. The lowest BCUT2D eigenvalue weighted by Crippen LogP contribution is -2.48. The lowest BCUT2D eigenvalue weighted by atomic mass is 9.74. The molecule has 4 heterocycles. The minimum absolute atomic E-state index is 0.0976. The Bertz CT molecular complexity index is 1150. The summed E-state index contributed by atoms with van der Waals surface area (Å²) in [5, 5.41) is 12.4. The fraction of sp³-hybridized carbons (Fsp3) is 0.538. The average molecular weight is 553 g/mol. The molecule has 3 aliphatic rings. The molecular formula is C26H31F3N4O4S. The van der Waals surface area contributed by atoms with Gasteiger partial charge >= 0.3 is 12.1 Å². The Balaban J connectivity index is 0.000000426. The van der Waals surface area contributed by atoms with Crippen LogP contribution in [0.15, 0.2) is 35.8 Å². The van der Waals surface area contributed by atoms with E-state index >= 15 is 0 Å². The second-order valence-corrected chi connectivity index (χ2v) is 11.1. The Morgan fingerprint density at radius 2 is 1.95 bits per heavy atom. The number of rotatable bonds is 5. The highest BCUT2D eigenvalue weighted by molar-refractivity contribution is 7.12. The summed E-state index contributed by atoms with van der Waals surface area (Å²) in [6.45, 7) is 5.54. The fourth-order valence-electron chi connectivity index (χ4n) is 5.17. The molecule has 2 aliphatic heterocycles. The van der Waals surface area contributed by atoms with E-state index in [1.165, 1.54) is 24.2 Å². The number of carbonyl (C=O) groups is 3. The predicted molar refractivity (Wildman–Crippen MR) is 136 cm³/mol. The van der Waals surface area contributed by atoms with Crippen molar-refractivity contribution in [3.05, 3.63) is 46.3 Å². The maximum Gasteiger partial charge on any atom is 0.490 e. The molecule has 12 heteroatoms. The number of hydrogen-bond donors (Lipinski definition) is 2. The molecule has 2 aromatic rings. The molecule has 3 fully saturated rings. The van der Waals surface area contributed by atoms with Gasteiger partial charge < -0.3 is 20.2 Å². The van der Waals surface area contributed by atoms with Gasteiger partial charge in [0.1, 0.15) is 5.82 Å². The van der Waals surface area contributed by atoms with Gasteiger partial charge in [0.2, 0.25) is 5.91 Å². The van der Waals surface area contributed by atoms with Gasteiger partial charge in [0.25, 0.3) is 5.91 Å². The number of aliphatic carboxylic acids is 1. The Labute approximate surface area is 222 Å². The van der Waals surface area contributed by atoms with Crippen LogP contribution in [0.25, 0.3) is 0 Å². The number of likely N-dealkylation sites (tertiary alicyclic amines) is 1. The Morgan fingerprint density at radius 1 is 1.21 bits per heavy atom. The number of amides is 2. The summed E-state index contributed by atoms with van der Waals surface area (Å²) >= 11 is 1.51. The molecule has 2 atom stereocenters. The predicted octanol–water partition coefficient (Wildman–Crippen LogP) is 3.97. The second-order valence-electron chi connectivity index (χ2n) is 10.2. The largest absolute Gasteiger partial charge is 0.490 e. The van der Waals surface area contributed by atoms with Crippen molar-refractivity contribution in [3.8, 4) is 0 Å². The third kappa shape index (κ3) is 6.28. The van der Waals surface area contributed by atoms with Crippen LogP contribution < -0.4 is 10.2 Å². The number of nitrogens with one attached hydrogen (secondary N) is 1. The molecule has 2 amide bonds. The topological polar surface area (TPSA) is 103 Å². The molecule has 0 spiro atoms. The van der Waals surface area contributed by atoms with E-state index in [9.17, 15) is 22.8 Å². The molecule has 38 heavy (non-hydrogen) atoms. The van der Waals surface area contributed by atoms with E-state index in [-0.39, 0.29) is 17.7 Å². The number of aryl methyl sites for hydroxylation is 1. The number of anilines is 1. The molecule has 206 valence electrons. The first-order valence-electron chi connectivity index (χ1n) is 12.6. The highest BCUT2D eigenvalue weighted by Gasteiger charge is 2.54. The van der Waals surface area contributed by atoms with Crippen molar-refractivity contribution in [2.75, 3.05) is 37.6 Å². The SMILES string of the molecule is Cc1ccsc1C(=O)N1CCC[C@]2(C(=O)NCC3CC3)CN(c3ccccn3)C[C@@H]2C1.O=C(O)C(F)(F)F. The first-order chi connectivity index (χ1) is 18.0. The number of fused-ring (bicyclic) bond motifs is 1. The number of alkyl halides is 3. The summed E-state index contributed by atoms with van der Waals surface area (Å²) in [6, 6.07) is 7.92. The zero-order valence-corrected chi connectivity index (χ0v) is 21.9. The zero-order valence-electron chi connectivity index (χ0n) is 21.0. The zero-order chi connectivity index (χ0) is 27.5. The van der Waals surface area contributed by atoms with Gasteiger partial charge in [-0.3, -0.25) is 9.59 Å². The molecule has 0 radical (unpaired) electrons. The van der Waals surface area contributed by atoms with Gasteiger partial charge in [-0.2, -0.15) is 13.2 Å². The number of halogens is 3. The van der Waals surface area contributed by atoms with Crippen LogP contribution in [0, 0.1) is 24.2 Å². The van der Waals surface area contributed by atoms with Crippen molar-refractivity contribution in [2.24, 2.45) is 17.3 Å². The summed E-state index contributed by atoms with van der Waals surface area (Å²) < 4.78 is 31.7. The molecule has 2 aromatic heterocycles. The van der Waals surface area contributed by atoms with Gasteiger partial charge in [-0.1, -0.05) is 6.07 Å². The minimum atomic E-state index is -5.08. The summed E-state index contributed by atoms with van der Waals surface area (Å²) in [7, 11) is 0. The van der Waals surface area contributed by atoms with Crippen molar-refractivity contribution in [1.29, 1.82) is 0 Å². The van der Waals surface area contributed by atoms with Gasteiger partial charge in [0, 0.05) is 44.8 Å². The summed E-state index contributed by atoms with van der Waals surface area (Å²) in [5.41, 5.74) is 0.570. The molecule has 0 aromatic carbocycles. The van der Waals surface area contributed by atoms with Crippen molar-refractivity contribution in [1.82, 2.24) is 15.2 Å². The van der Waals surface area contributed by atoms with E-state index < -0.39 is 17.6 Å². The monoisotopic (exact) mass is 552 g/mol. The Kier molecular flexibility index (Phi) is 8.29. The number of thiophene rings is 1. The van der Waals surface area contributed by atoms with Gasteiger partial charge in [0.05, 0.1) is 10.3 Å². The number of carboxylic acids is 1. The maximum absolute atomic E-state index is 13.6. The summed E-state index contributed by atoms with van der Waals surface area (Å²) in [6.07, 6.45) is 0.821. The molecule has 5 rings (SSSR count). The van der Waals surface area contributed by atoms with Crippen LogP contribution in [-0.2, 0) is 9.59 Å². The Hall–Kier alpha value is -3.15. The van der Waals surface area contributed by atoms with E-state index in [0.29, 0.717) is 25.6 Å². The summed E-state index contributed by atoms with van der Waals surface area (Å²) in [5.74, 6) is -0.815. The van der Waals surface area contributed by atoms with Crippen molar-refractivity contribution in [3.63, 3.8) is 0 Å². The first-order valence-corrected chi connectivity index (χ1v) is 13.5. The Morgan fingerprint density at radius 3 is 2.53 bits per heavy atom. The number of nitrogens with zero attached hydrogens (tertiary/aromatic N) is 3. The van der Waals surface area contributed by atoms with Crippen LogP contribution in [0.1, 0.15) is 40.9 Å². The van der Waals surface area contributed by atoms with E-state index in [0.717, 1.165) is 42.2 Å². The molecule has 1 saturated carbocycles. The lowest BCUT2D eigenvalue weighted by Gasteiger charge is -2.32. The van der Waals surface area contributed by atoms with Gasteiger partial charge in [0.15, 0.2) is 0 Å². The maximum atomic E-state index is 13.6. The van der Waals surface area contributed by atoms with Crippen molar-refractivity contribution in [2.45, 2.75) is 38.8 Å². The van der Waals surface area contributed by atoms with E-state index in [4.69, 9.17) is 9.90 Å². The lowest BCUT2D eigenvalue weighted by molar-refractivity contribution is -0.192. The van der Waals surface area contributed by atoms with E-state index in [1.54, 1.807) is 6.20 Å². The van der Waals surface area contributed by atoms with Gasteiger partial charge in [-0.15, -0.1) is 11.3 Å². The highest BCUT2D eigenvalue weighted by Crippen LogP contribution is 2.44. The normalized spacial score (nSPS) is 23.1. The number of carboxylic acid groups (broad SMARTS) is 1. The van der Waals surface area contributed by atoms with Crippen molar-refractivity contribution >= 4 is 34.9 Å². The third-order valence-corrected chi connectivity index (χ3v) is 8.45. The molecule has 1 aliphatic carbocycles. The van der Waals surface area contributed by atoms with Crippen molar-refractivity contribution < 1.29 is 32.7 Å². The van der Waals surface area contributed by atoms with E-state index in [1.807, 2.05) is 41.5 Å². The van der Waals surface area contributed by atoms with Gasteiger partial charge in [-0.25, -0.2) is 9.78 Å². The number of hydrogen-bond acceptors (Lipinski definition) is 6. The molecule has 2 N–H and O–H groups in total. The standard InChI is InChI=1S/C24H30N4O2S.C2HF3O2/c1-17-8-12-31-21(17)22(29)27-11-4-9-24(23(30)26-13-18-6-7-18)16-28(15-19(24)14-27)20-5-2-3-10-25-20;3-2(4,5)1(6)7/h2-3,5,8,10,12,18-19H,4,6-7,9,11,13-16H2,1H3,(H,26,30);(H,6,7)/t19-,24-;/m0./s1. The quantitative estimate of drug-likeness (QED) is 0.582. The van der Waals surface area contributed by atoms with Crippen LogP contribution in [0.3, 0.4) is 0 Å². The molecule has 0 bridgehead atoms. The number of pyridine rings is 1. The molecule has 8 nitrogen and oxygen atoms in total. The third-order valence-electron chi connectivity index (χ3n) is 7.45. The smallest absolute Gasteiger partial charge is 0.475 e. The molecule has 2 saturated heterocycles. The minimum Gasteiger partial charge on any atom is -0.475 e. The molecule has 0 unspecified atom stereocenters.